The predicted molar refractivity (Wildman–Crippen MR) is 107 cm³/mol. The molecule has 0 saturated carbocycles. The number of hydrogen-bond donors (Lipinski definition) is 1. The molecule has 4 rings (SSSR count). The van der Waals surface area contributed by atoms with Gasteiger partial charge >= 0.3 is 0 Å². The minimum atomic E-state index is -0.0103. The van der Waals surface area contributed by atoms with E-state index in [4.69, 9.17) is 4.74 Å². The van der Waals surface area contributed by atoms with Gasteiger partial charge in [0.15, 0.2) is 6.61 Å². The summed E-state index contributed by atoms with van der Waals surface area (Å²) in [6, 6.07) is 19.0. The molecule has 6 heteroatoms. The summed E-state index contributed by atoms with van der Waals surface area (Å²) >= 11 is 0. The van der Waals surface area contributed by atoms with E-state index >= 15 is 0 Å². The van der Waals surface area contributed by atoms with E-state index in [1.807, 2.05) is 65.6 Å². The summed E-state index contributed by atoms with van der Waals surface area (Å²) < 4.78 is 5.62. The Morgan fingerprint density at radius 3 is 2.68 bits per heavy atom. The summed E-state index contributed by atoms with van der Waals surface area (Å²) in [6.45, 7) is 0.775. The molecule has 28 heavy (non-hydrogen) atoms. The fourth-order valence-corrected chi connectivity index (χ4v) is 3.38. The van der Waals surface area contributed by atoms with Crippen molar-refractivity contribution in [1.29, 1.82) is 0 Å². The maximum Gasteiger partial charge on any atom is 0.261 e. The zero-order valence-corrected chi connectivity index (χ0v) is 15.5. The molecule has 1 N–H and O–H groups in total. The Hall–Kier alpha value is -3.41. The molecule has 1 fully saturated rings. The van der Waals surface area contributed by atoms with E-state index in [0.717, 1.165) is 36.6 Å². The number of anilines is 2. The second-order valence-corrected chi connectivity index (χ2v) is 6.66. The smallest absolute Gasteiger partial charge is 0.261 e. The van der Waals surface area contributed by atoms with Gasteiger partial charge in [-0.15, -0.1) is 0 Å². The number of carbonyl (C=O) groups is 1. The van der Waals surface area contributed by atoms with Crippen LogP contribution >= 0.6 is 0 Å². The van der Waals surface area contributed by atoms with Crippen LogP contribution in [0, 0.1) is 0 Å². The van der Waals surface area contributed by atoms with Crippen molar-refractivity contribution in [2.75, 3.05) is 18.5 Å². The lowest BCUT2D eigenvalue weighted by Gasteiger charge is -2.24. The van der Waals surface area contributed by atoms with E-state index in [1.165, 1.54) is 0 Å². The number of carbonyl (C=O) groups excluding carboxylic acids is 1. The van der Waals surface area contributed by atoms with E-state index in [2.05, 4.69) is 15.3 Å². The Morgan fingerprint density at radius 2 is 1.93 bits per heavy atom. The number of benzene rings is 1. The lowest BCUT2D eigenvalue weighted by molar-refractivity contribution is -0.134. The van der Waals surface area contributed by atoms with Crippen molar-refractivity contribution in [2.24, 2.45) is 0 Å². The van der Waals surface area contributed by atoms with Crippen molar-refractivity contribution in [3.05, 3.63) is 78.8 Å². The molecule has 1 saturated heterocycles. The average molecular weight is 374 g/mol. The van der Waals surface area contributed by atoms with Crippen molar-refractivity contribution in [3.8, 4) is 5.75 Å². The molecule has 0 aliphatic carbocycles. The highest BCUT2D eigenvalue weighted by Crippen LogP contribution is 2.31. The molecule has 0 spiro atoms. The highest BCUT2D eigenvalue weighted by atomic mass is 16.5. The molecule has 1 atom stereocenters. The molecule has 3 aromatic rings. The van der Waals surface area contributed by atoms with Gasteiger partial charge in [0.25, 0.3) is 5.91 Å². The molecule has 1 aliphatic heterocycles. The fraction of sp³-hybridized carbons (Fsp3) is 0.227. The van der Waals surface area contributed by atoms with Crippen LogP contribution in [0.5, 0.6) is 5.75 Å². The molecule has 0 unspecified atom stereocenters. The molecule has 0 radical (unpaired) electrons. The van der Waals surface area contributed by atoms with Gasteiger partial charge in [0.2, 0.25) is 0 Å². The van der Waals surface area contributed by atoms with E-state index in [-0.39, 0.29) is 18.6 Å². The molecule has 1 amide bonds. The molecule has 0 bridgehead atoms. The number of aromatic nitrogens is 2. The van der Waals surface area contributed by atoms with E-state index < -0.39 is 0 Å². The van der Waals surface area contributed by atoms with E-state index in [0.29, 0.717) is 5.75 Å². The highest BCUT2D eigenvalue weighted by Gasteiger charge is 2.31. The summed E-state index contributed by atoms with van der Waals surface area (Å²) in [5.74, 6) is 1.46. The van der Waals surface area contributed by atoms with Crippen LogP contribution in [0.4, 0.5) is 11.5 Å². The van der Waals surface area contributed by atoms with Crippen LogP contribution in [0.25, 0.3) is 0 Å². The van der Waals surface area contributed by atoms with E-state index in [9.17, 15) is 4.79 Å². The first-order valence-corrected chi connectivity index (χ1v) is 9.41. The number of amides is 1. The largest absolute Gasteiger partial charge is 0.484 e. The van der Waals surface area contributed by atoms with Gasteiger partial charge in [-0.2, -0.15) is 0 Å². The second-order valence-electron chi connectivity index (χ2n) is 6.66. The Labute approximate surface area is 164 Å². The summed E-state index contributed by atoms with van der Waals surface area (Å²) in [7, 11) is 0. The first-order valence-electron chi connectivity index (χ1n) is 9.41. The zero-order chi connectivity index (χ0) is 19.2. The van der Waals surface area contributed by atoms with Crippen molar-refractivity contribution in [2.45, 2.75) is 18.9 Å². The number of nitrogens with one attached hydrogen (secondary N) is 1. The van der Waals surface area contributed by atoms with Gasteiger partial charge in [0, 0.05) is 12.7 Å². The van der Waals surface area contributed by atoms with Crippen molar-refractivity contribution >= 4 is 17.4 Å². The summed E-state index contributed by atoms with van der Waals surface area (Å²) in [5.41, 5.74) is 1.77. The first-order chi connectivity index (χ1) is 13.8. The lowest BCUT2D eigenvalue weighted by atomic mass is 10.1. The molecule has 3 heterocycles. The molecular weight excluding hydrogens is 352 g/mol. The topological polar surface area (TPSA) is 67.3 Å². The SMILES string of the molecule is O=C(COc1ccccc1)N1CCC[C@@H]1c1ccc(Nc2ccccn2)cn1. The Kier molecular flexibility index (Phi) is 5.47. The van der Waals surface area contributed by atoms with Crippen LogP contribution in [-0.2, 0) is 4.79 Å². The van der Waals surface area contributed by atoms with Gasteiger partial charge < -0.3 is 15.0 Å². The molecule has 6 nitrogen and oxygen atoms in total. The van der Waals surface area contributed by atoms with Crippen molar-refractivity contribution < 1.29 is 9.53 Å². The van der Waals surface area contributed by atoms with Gasteiger partial charge in [-0.3, -0.25) is 9.78 Å². The minimum absolute atomic E-state index is 0.00391. The number of likely N-dealkylation sites (tertiary alicyclic amines) is 1. The van der Waals surface area contributed by atoms with Crippen LogP contribution in [0.15, 0.2) is 73.1 Å². The first kappa shape index (κ1) is 18.0. The van der Waals surface area contributed by atoms with Gasteiger partial charge in [-0.05, 0) is 49.2 Å². The average Bonchev–Trinajstić information content (AvgIpc) is 3.24. The fourth-order valence-electron chi connectivity index (χ4n) is 3.38. The monoisotopic (exact) mass is 374 g/mol. The Balaban J connectivity index is 1.39. The van der Waals surface area contributed by atoms with Crippen molar-refractivity contribution in [3.63, 3.8) is 0 Å². The van der Waals surface area contributed by atoms with Crippen molar-refractivity contribution in [1.82, 2.24) is 14.9 Å². The highest BCUT2D eigenvalue weighted by molar-refractivity contribution is 5.78. The molecular formula is C22H22N4O2. The standard InChI is InChI=1S/C22H22N4O2/c27-22(16-28-18-7-2-1-3-8-18)26-14-6-9-20(26)19-12-11-17(15-24-19)25-21-10-4-5-13-23-21/h1-5,7-8,10-13,15,20H,6,9,14,16H2,(H,23,25)/t20-/m1/s1. The number of rotatable bonds is 6. The quantitative estimate of drug-likeness (QED) is 0.707. The number of pyridine rings is 2. The number of ether oxygens (including phenoxy) is 1. The number of hydrogen-bond acceptors (Lipinski definition) is 5. The normalized spacial score (nSPS) is 16.0. The molecule has 1 aliphatic rings. The van der Waals surface area contributed by atoms with Gasteiger partial charge in [-0.1, -0.05) is 24.3 Å². The maximum atomic E-state index is 12.7. The van der Waals surface area contributed by atoms with E-state index in [1.54, 1.807) is 12.4 Å². The van der Waals surface area contributed by atoms with Crippen LogP contribution in [0.2, 0.25) is 0 Å². The predicted octanol–water partition coefficient (Wildman–Crippen LogP) is 3.96. The van der Waals surface area contributed by atoms with Crippen LogP contribution in [0.3, 0.4) is 0 Å². The number of para-hydroxylation sites is 1. The third-order valence-corrected chi connectivity index (χ3v) is 4.74. The van der Waals surface area contributed by atoms with Crippen LogP contribution in [0.1, 0.15) is 24.6 Å². The third-order valence-electron chi connectivity index (χ3n) is 4.74. The molecule has 1 aromatic carbocycles. The van der Waals surface area contributed by atoms with Gasteiger partial charge in [0.05, 0.1) is 23.6 Å². The summed E-state index contributed by atoms with van der Waals surface area (Å²) in [6.07, 6.45) is 5.41. The maximum absolute atomic E-state index is 12.7. The van der Waals surface area contributed by atoms with Gasteiger partial charge in [-0.25, -0.2) is 4.98 Å². The zero-order valence-electron chi connectivity index (χ0n) is 15.5. The second kappa shape index (κ2) is 8.52. The molecule has 2 aromatic heterocycles. The van der Waals surface area contributed by atoms with Crippen LogP contribution in [-0.4, -0.2) is 33.9 Å². The lowest BCUT2D eigenvalue weighted by Crippen LogP contribution is -2.34. The summed E-state index contributed by atoms with van der Waals surface area (Å²) in [5, 5.41) is 3.22. The van der Waals surface area contributed by atoms with Gasteiger partial charge in [0.1, 0.15) is 11.6 Å². The Morgan fingerprint density at radius 1 is 1.07 bits per heavy atom. The Bertz CT molecular complexity index is 901. The summed E-state index contributed by atoms with van der Waals surface area (Å²) in [4.78, 5) is 23.4. The third kappa shape index (κ3) is 4.28. The minimum Gasteiger partial charge on any atom is -0.484 e. The number of nitrogens with zero attached hydrogens (tertiary/aromatic N) is 3. The molecule has 142 valence electrons. The van der Waals surface area contributed by atoms with Crippen LogP contribution < -0.4 is 10.1 Å².